The number of carbonyl (C=O) groups excluding carboxylic acids is 2. The molecule has 0 N–H and O–H groups in total. The topological polar surface area (TPSA) is 72.8 Å². The molecule has 0 fully saturated rings. The van der Waals surface area contributed by atoms with E-state index in [1.807, 2.05) is 30.3 Å². The molecule has 0 saturated heterocycles. The van der Waals surface area contributed by atoms with Gasteiger partial charge in [-0.05, 0) is 42.0 Å². The summed E-state index contributed by atoms with van der Waals surface area (Å²) in [6.07, 6.45) is 1.69. The van der Waals surface area contributed by atoms with Crippen LogP contribution in [0, 0.1) is 0 Å². The first-order valence-corrected chi connectivity index (χ1v) is 9.80. The molecule has 1 heterocycles. The zero-order valence-electron chi connectivity index (χ0n) is 15.7. The average molecular weight is 398 g/mol. The fraction of sp³-hybridized carbons (Fsp3) is 0.318. The molecule has 0 radical (unpaired) electrons. The van der Waals surface area contributed by atoms with Gasteiger partial charge in [0.25, 0.3) is 0 Å². The van der Waals surface area contributed by atoms with E-state index in [2.05, 4.69) is 24.2 Å². The molecule has 1 aliphatic heterocycles. The minimum absolute atomic E-state index is 0.0977. The molecule has 0 spiro atoms. The number of aryl methyl sites for hydroxylation is 1. The first kappa shape index (κ1) is 20.1. The fourth-order valence-electron chi connectivity index (χ4n) is 3.33. The highest BCUT2D eigenvalue weighted by Gasteiger charge is 2.33. The number of benzene rings is 2. The number of aliphatic carboxylic acids is 1. The van der Waals surface area contributed by atoms with Crippen LogP contribution in [0.1, 0.15) is 55.3 Å². The SMILES string of the molecule is CCc1ccc(C2=NN(C(=O)CCCC(=O)[O-])[C@H](c3ccccc3Cl)C2)cc1. The lowest BCUT2D eigenvalue weighted by Crippen LogP contribution is -2.28. The van der Waals surface area contributed by atoms with Crippen molar-refractivity contribution in [1.29, 1.82) is 0 Å². The molecule has 28 heavy (non-hydrogen) atoms. The maximum absolute atomic E-state index is 12.8. The molecule has 3 rings (SSSR count). The van der Waals surface area contributed by atoms with Gasteiger partial charge in [0, 0.05) is 23.8 Å². The molecule has 0 bridgehead atoms. The van der Waals surface area contributed by atoms with Crippen molar-refractivity contribution in [1.82, 2.24) is 5.01 Å². The minimum Gasteiger partial charge on any atom is -0.550 e. The van der Waals surface area contributed by atoms with Crippen LogP contribution in [0.3, 0.4) is 0 Å². The van der Waals surface area contributed by atoms with Gasteiger partial charge in [-0.2, -0.15) is 5.10 Å². The van der Waals surface area contributed by atoms with Gasteiger partial charge >= 0.3 is 0 Å². The molecule has 2 aromatic carbocycles. The number of halogens is 1. The molecule has 146 valence electrons. The van der Waals surface area contributed by atoms with Gasteiger partial charge in [0.15, 0.2) is 0 Å². The van der Waals surface area contributed by atoms with E-state index in [-0.39, 0.29) is 31.2 Å². The Labute approximate surface area is 169 Å². The Bertz CT molecular complexity index is 893. The number of rotatable bonds is 7. The van der Waals surface area contributed by atoms with Crippen LogP contribution in [0.25, 0.3) is 0 Å². The summed E-state index contributed by atoms with van der Waals surface area (Å²) in [6, 6.07) is 15.3. The molecule has 0 unspecified atom stereocenters. The van der Waals surface area contributed by atoms with Crippen LogP contribution in [0.2, 0.25) is 5.02 Å². The smallest absolute Gasteiger partial charge is 0.243 e. The molecule has 0 saturated carbocycles. The van der Waals surface area contributed by atoms with E-state index in [0.29, 0.717) is 11.4 Å². The van der Waals surface area contributed by atoms with Gasteiger partial charge in [0.1, 0.15) is 0 Å². The number of hydrogen-bond acceptors (Lipinski definition) is 4. The number of amides is 1. The van der Waals surface area contributed by atoms with Crippen LogP contribution >= 0.6 is 11.6 Å². The lowest BCUT2D eigenvalue weighted by Gasteiger charge is -2.23. The Morgan fingerprint density at radius 1 is 1.14 bits per heavy atom. The Balaban J connectivity index is 1.87. The van der Waals surface area contributed by atoms with Crippen molar-refractivity contribution in [2.24, 2.45) is 5.10 Å². The Kier molecular flexibility index (Phi) is 6.47. The van der Waals surface area contributed by atoms with E-state index in [1.165, 1.54) is 10.6 Å². The molecule has 1 aliphatic rings. The molecule has 1 atom stereocenters. The van der Waals surface area contributed by atoms with Crippen molar-refractivity contribution in [3.8, 4) is 0 Å². The van der Waals surface area contributed by atoms with Crippen LogP contribution in [-0.2, 0) is 16.0 Å². The van der Waals surface area contributed by atoms with Crippen molar-refractivity contribution >= 4 is 29.2 Å². The third-order valence-electron chi connectivity index (χ3n) is 4.90. The van der Waals surface area contributed by atoms with Gasteiger partial charge in [-0.25, -0.2) is 5.01 Å². The quantitative estimate of drug-likeness (QED) is 0.717. The van der Waals surface area contributed by atoms with Gasteiger partial charge in [0.05, 0.1) is 11.8 Å². The number of hydrogen-bond donors (Lipinski definition) is 0. The largest absolute Gasteiger partial charge is 0.550 e. The Morgan fingerprint density at radius 2 is 1.86 bits per heavy atom. The van der Waals surface area contributed by atoms with Gasteiger partial charge in [-0.3, -0.25) is 4.79 Å². The maximum atomic E-state index is 12.8. The van der Waals surface area contributed by atoms with Crippen molar-refractivity contribution in [2.45, 2.75) is 45.1 Å². The van der Waals surface area contributed by atoms with Gasteiger partial charge in [-0.15, -0.1) is 0 Å². The number of carbonyl (C=O) groups is 2. The van der Waals surface area contributed by atoms with Crippen molar-refractivity contribution in [3.63, 3.8) is 0 Å². The first-order chi connectivity index (χ1) is 13.5. The summed E-state index contributed by atoms with van der Waals surface area (Å²) < 4.78 is 0. The predicted molar refractivity (Wildman–Crippen MR) is 107 cm³/mol. The van der Waals surface area contributed by atoms with Gasteiger partial charge in [-0.1, -0.05) is 61.0 Å². The molecule has 5 nitrogen and oxygen atoms in total. The summed E-state index contributed by atoms with van der Waals surface area (Å²) in [7, 11) is 0. The summed E-state index contributed by atoms with van der Waals surface area (Å²) in [5, 5.41) is 17.3. The summed E-state index contributed by atoms with van der Waals surface area (Å²) in [5.41, 5.74) is 3.86. The monoisotopic (exact) mass is 397 g/mol. The van der Waals surface area contributed by atoms with Crippen LogP contribution in [0.5, 0.6) is 0 Å². The Hall–Kier alpha value is -2.66. The van der Waals surface area contributed by atoms with E-state index in [0.717, 1.165) is 23.3 Å². The number of hydrazone groups is 1. The highest BCUT2D eigenvalue weighted by atomic mass is 35.5. The van der Waals surface area contributed by atoms with Crippen LogP contribution in [-0.4, -0.2) is 22.6 Å². The van der Waals surface area contributed by atoms with Crippen molar-refractivity contribution in [2.75, 3.05) is 0 Å². The molecular weight excluding hydrogens is 376 g/mol. The third kappa shape index (κ3) is 4.60. The highest BCUT2D eigenvalue weighted by Crippen LogP contribution is 2.36. The van der Waals surface area contributed by atoms with E-state index in [9.17, 15) is 14.7 Å². The lowest BCUT2D eigenvalue weighted by atomic mass is 9.97. The average Bonchev–Trinajstić information content (AvgIpc) is 3.13. The lowest BCUT2D eigenvalue weighted by molar-refractivity contribution is -0.305. The molecule has 1 amide bonds. The second-order valence-corrected chi connectivity index (χ2v) is 7.21. The van der Waals surface area contributed by atoms with E-state index >= 15 is 0 Å². The second kappa shape index (κ2) is 9.02. The molecule has 0 aromatic heterocycles. The minimum atomic E-state index is -1.16. The van der Waals surface area contributed by atoms with E-state index < -0.39 is 5.97 Å². The van der Waals surface area contributed by atoms with Crippen LogP contribution in [0.4, 0.5) is 0 Å². The number of carboxylic acids is 1. The van der Waals surface area contributed by atoms with Crippen molar-refractivity contribution < 1.29 is 14.7 Å². The zero-order valence-corrected chi connectivity index (χ0v) is 16.5. The normalized spacial score (nSPS) is 16.1. The van der Waals surface area contributed by atoms with Crippen molar-refractivity contribution in [3.05, 3.63) is 70.2 Å². The highest BCUT2D eigenvalue weighted by molar-refractivity contribution is 6.31. The molecule has 2 aromatic rings. The summed E-state index contributed by atoms with van der Waals surface area (Å²) in [4.78, 5) is 23.4. The second-order valence-electron chi connectivity index (χ2n) is 6.80. The Morgan fingerprint density at radius 3 is 2.50 bits per heavy atom. The van der Waals surface area contributed by atoms with Gasteiger partial charge in [0.2, 0.25) is 5.91 Å². The molecule has 0 aliphatic carbocycles. The zero-order chi connectivity index (χ0) is 20.1. The third-order valence-corrected chi connectivity index (χ3v) is 5.24. The maximum Gasteiger partial charge on any atom is 0.243 e. The van der Waals surface area contributed by atoms with E-state index in [1.54, 1.807) is 6.07 Å². The summed E-state index contributed by atoms with van der Waals surface area (Å²) >= 11 is 6.38. The standard InChI is InChI=1S/C22H23ClN2O3/c1-2-15-10-12-16(13-11-15)19-14-20(17-6-3-4-7-18(17)23)25(24-19)21(26)8-5-9-22(27)28/h3-4,6-7,10-13,20H,2,5,8-9,14H2,1H3,(H,27,28)/p-1/t20-/m0/s1. The van der Waals surface area contributed by atoms with Crippen LogP contribution < -0.4 is 5.11 Å². The molecular formula is C22H22ClN2O3-. The fourth-order valence-corrected chi connectivity index (χ4v) is 3.60. The number of carboxylic acid groups (broad SMARTS) is 1. The van der Waals surface area contributed by atoms with E-state index in [4.69, 9.17) is 11.6 Å². The van der Waals surface area contributed by atoms with Gasteiger partial charge < -0.3 is 9.90 Å². The summed E-state index contributed by atoms with van der Waals surface area (Å²) in [5.74, 6) is -1.37. The molecule has 6 heteroatoms. The summed E-state index contributed by atoms with van der Waals surface area (Å²) in [6.45, 7) is 2.10. The first-order valence-electron chi connectivity index (χ1n) is 9.42. The predicted octanol–water partition coefficient (Wildman–Crippen LogP) is 3.50. The number of nitrogens with zero attached hydrogens (tertiary/aromatic N) is 2. The van der Waals surface area contributed by atoms with Crippen LogP contribution in [0.15, 0.2) is 53.6 Å².